The van der Waals surface area contributed by atoms with Gasteiger partial charge in [-0.3, -0.25) is 4.98 Å². The van der Waals surface area contributed by atoms with Crippen molar-refractivity contribution in [1.82, 2.24) is 10.3 Å². The first kappa shape index (κ1) is 14.5. The van der Waals surface area contributed by atoms with Crippen molar-refractivity contribution in [3.05, 3.63) is 59.9 Å². The van der Waals surface area contributed by atoms with Crippen LogP contribution in [0.15, 0.2) is 48.7 Å². The Kier molecular flexibility index (Phi) is 5.56. The maximum Gasteiger partial charge on any atom is 0.119 e. The molecule has 0 fully saturated rings. The number of benzene rings is 1. The van der Waals surface area contributed by atoms with E-state index in [1.54, 1.807) is 0 Å². The van der Waals surface area contributed by atoms with E-state index in [9.17, 15) is 0 Å². The van der Waals surface area contributed by atoms with Gasteiger partial charge in [0.05, 0.1) is 12.3 Å². The van der Waals surface area contributed by atoms with E-state index in [1.165, 1.54) is 5.56 Å². The molecule has 3 heteroatoms. The van der Waals surface area contributed by atoms with Crippen LogP contribution < -0.4 is 10.1 Å². The normalized spacial score (nSPS) is 12.1. The van der Waals surface area contributed by atoms with Crippen LogP contribution in [0, 0.1) is 0 Å². The van der Waals surface area contributed by atoms with Crippen LogP contribution >= 0.6 is 0 Å². The average Bonchev–Trinajstić information content (AvgIpc) is 2.52. The van der Waals surface area contributed by atoms with Gasteiger partial charge in [-0.15, -0.1) is 0 Å². The fourth-order valence-electron chi connectivity index (χ4n) is 1.97. The minimum atomic E-state index is 0.233. The van der Waals surface area contributed by atoms with Crippen LogP contribution in [-0.2, 0) is 6.54 Å². The second-order valence-corrected chi connectivity index (χ2v) is 4.85. The lowest BCUT2D eigenvalue weighted by Crippen LogP contribution is -2.18. The van der Waals surface area contributed by atoms with Gasteiger partial charge in [-0.1, -0.05) is 25.1 Å². The third-order valence-corrected chi connectivity index (χ3v) is 3.12. The summed E-state index contributed by atoms with van der Waals surface area (Å²) in [5.74, 6) is 0.941. The van der Waals surface area contributed by atoms with E-state index in [0.717, 1.165) is 31.0 Å². The highest BCUT2D eigenvalue weighted by atomic mass is 16.5. The van der Waals surface area contributed by atoms with Crippen molar-refractivity contribution >= 4 is 0 Å². The van der Waals surface area contributed by atoms with Gasteiger partial charge in [-0.2, -0.15) is 0 Å². The molecule has 0 aliphatic carbocycles. The fraction of sp³-hybridized carbons (Fsp3) is 0.353. The van der Waals surface area contributed by atoms with Crippen molar-refractivity contribution in [2.24, 2.45) is 0 Å². The standard InChI is InChI=1S/C17H22N2O/c1-3-11-20-16-8-6-7-15(12-16)13-19-14(2)17-9-4-5-10-18-17/h4-10,12,14,19H,3,11,13H2,1-2H3/t14-/m1/s1. The van der Waals surface area contributed by atoms with Crippen LogP contribution in [0.1, 0.15) is 37.6 Å². The van der Waals surface area contributed by atoms with Gasteiger partial charge in [0.25, 0.3) is 0 Å². The molecule has 1 aromatic carbocycles. The van der Waals surface area contributed by atoms with Gasteiger partial charge in [-0.05, 0) is 43.2 Å². The van der Waals surface area contributed by atoms with E-state index < -0.39 is 0 Å². The molecule has 2 aromatic rings. The second kappa shape index (κ2) is 7.65. The molecular weight excluding hydrogens is 248 g/mol. The summed E-state index contributed by atoms with van der Waals surface area (Å²) in [4.78, 5) is 4.36. The summed E-state index contributed by atoms with van der Waals surface area (Å²) in [6.45, 7) is 5.81. The Morgan fingerprint density at radius 1 is 1.20 bits per heavy atom. The van der Waals surface area contributed by atoms with Crippen LogP contribution in [-0.4, -0.2) is 11.6 Å². The molecule has 1 atom stereocenters. The van der Waals surface area contributed by atoms with Gasteiger partial charge in [0.15, 0.2) is 0 Å². The fourth-order valence-corrected chi connectivity index (χ4v) is 1.97. The number of ether oxygens (including phenoxy) is 1. The van der Waals surface area contributed by atoms with Gasteiger partial charge in [0.1, 0.15) is 5.75 Å². The highest BCUT2D eigenvalue weighted by molar-refractivity contribution is 5.28. The van der Waals surface area contributed by atoms with Crippen molar-refractivity contribution < 1.29 is 4.74 Å². The van der Waals surface area contributed by atoms with E-state index in [1.807, 2.05) is 36.5 Å². The van der Waals surface area contributed by atoms with E-state index in [4.69, 9.17) is 4.74 Å². The number of hydrogen-bond acceptors (Lipinski definition) is 3. The zero-order valence-corrected chi connectivity index (χ0v) is 12.2. The largest absolute Gasteiger partial charge is 0.494 e. The number of nitrogens with one attached hydrogen (secondary N) is 1. The van der Waals surface area contributed by atoms with E-state index >= 15 is 0 Å². The van der Waals surface area contributed by atoms with E-state index in [2.05, 4.69) is 36.3 Å². The zero-order valence-electron chi connectivity index (χ0n) is 12.2. The molecule has 0 saturated heterocycles. The molecule has 2 rings (SSSR count). The third-order valence-electron chi connectivity index (χ3n) is 3.12. The van der Waals surface area contributed by atoms with Gasteiger partial charge in [-0.25, -0.2) is 0 Å². The predicted molar refractivity (Wildman–Crippen MR) is 81.7 cm³/mol. The number of nitrogens with zero attached hydrogens (tertiary/aromatic N) is 1. The Labute approximate surface area is 121 Å². The minimum Gasteiger partial charge on any atom is -0.494 e. The molecule has 0 aliphatic rings. The van der Waals surface area contributed by atoms with Crippen molar-refractivity contribution in [1.29, 1.82) is 0 Å². The highest BCUT2D eigenvalue weighted by Gasteiger charge is 2.05. The van der Waals surface area contributed by atoms with Gasteiger partial charge in [0.2, 0.25) is 0 Å². The first-order chi connectivity index (χ1) is 9.79. The monoisotopic (exact) mass is 270 g/mol. The molecule has 0 saturated carbocycles. The summed E-state index contributed by atoms with van der Waals surface area (Å²) in [5.41, 5.74) is 2.28. The van der Waals surface area contributed by atoms with Crippen LogP contribution in [0.4, 0.5) is 0 Å². The van der Waals surface area contributed by atoms with Crippen LogP contribution in [0.2, 0.25) is 0 Å². The van der Waals surface area contributed by atoms with Gasteiger partial charge >= 0.3 is 0 Å². The Morgan fingerprint density at radius 3 is 2.85 bits per heavy atom. The Balaban J connectivity index is 1.90. The summed E-state index contributed by atoms with van der Waals surface area (Å²) in [6.07, 6.45) is 2.85. The third kappa shape index (κ3) is 4.35. The molecule has 0 radical (unpaired) electrons. The van der Waals surface area contributed by atoms with Crippen LogP contribution in [0.3, 0.4) is 0 Å². The predicted octanol–water partition coefficient (Wildman–Crippen LogP) is 3.72. The number of rotatable bonds is 7. The molecule has 1 heterocycles. The summed E-state index contributed by atoms with van der Waals surface area (Å²) in [7, 11) is 0. The van der Waals surface area contributed by atoms with Crippen molar-refractivity contribution in [3.63, 3.8) is 0 Å². The van der Waals surface area contributed by atoms with Gasteiger partial charge < -0.3 is 10.1 Å². The van der Waals surface area contributed by atoms with Crippen LogP contribution in [0.25, 0.3) is 0 Å². The summed E-state index contributed by atoms with van der Waals surface area (Å²) >= 11 is 0. The Bertz CT molecular complexity index is 513. The molecule has 0 spiro atoms. The minimum absolute atomic E-state index is 0.233. The van der Waals surface area contributed by atoms with Crippen molar-refractivity contribution in [2.45, 2.75) is 32.9 Å². The molecule has 0 unspecified atom stereocenters. The topological polar surface area (TPSA) is 34.1 Å². The van der Waals surface area contributed by atoms with E-state index in [0.29, 0.717) is 0 Å². The first-order valence-electron chi connectivity index (χ1n) is 7.15. The molecular formula is C17H22N2O. The van der Waals surface area contributed by atoms with Gasteiger partial charge in [0, 0.05) is 18.8 Å². The SMILES string of the molecule is CCCOc1cccc(CN[C@H](C)c2ccccn2)c1. The lowest BCUT2D eigenvalue weighted by atomic mass is 10.1. The molecule has 3 nitrogen and oxygen atoms in total. The Morgan fingerprint density at radius 2 is 2.10 bits per heavy atom. The highest BCUT2D eigenvalue weighted by Crippen LogP contribution is 2.15. The molecule has 1 N–H and O–H groups in total. The molecule has 106 valence electrons. The number of hydrogen-bond donors (Lipinski definition) is 1. The first-order valence-corrected chi connectivity index (χ1v) is 7.15. The summed E-state index contributed by atoms with van der Waals surface area (Å²) < 4.78 is 5.65. The summed E-state index contributed by atoms with van der Waals surface area (Å²) in [6, 6.07) is 14.5. The molecule has 20 heavy (non-hydrogen) atoms. The zero-order chi connectivity index (χ0) is 14.2. The maximum absolute atomic E-state index is 5.65. The Hall–Kier alpha value is -1.87. The molecule has 0 amide bonds. The maximum atomic E-state index is 5.65. The quantitative estimate of drug-likeness (QED) is 0.832. The average molecular weight is 270 g/mol. The smallest absolute Gasteiger partial charge is 0.119 e. The second-order valence-electron chi connectivity index (χ2n) is 4.85. The molecule has 0 aliphatic heterocycles. The van der Waals surface area contributed by atoms with Crippen LogP contribution in [0.5, 0.6) is 5.75 Å². The number of aromatic nitrogens is 1. The van der Waals surface area contributed by atoms with Crippen molar-refractivity contribution in [2.75, 3.05) is 6.61 Å². The van der Waals surface area contributed by atoms with Crippen molar-refractivity contribution in [3.8, 4) is 5.75 Å². The van der Waals surface area contributed by atoms with E-state index in [-0.39, 0.29) is 6.04 Å². The lowest BCUT2D eigenvalue weighted by Gasteiger charge is -2.14. The summed E-state index contributed by atoms with van der Waals surface area (Å²) in [5, 5.41) is 3.48. The lowest BCUT2D eigenvalue weighted by molar-refractivity contribution is 0.317. The molecule has 1 aromatic heterocycles. The number of pyridine rings is 1. The molecule has 0 bridgehead atoms.